The minimum absolute atomic E-state index is 0.0602. The van der Waals surface area contributed by atoms with E-state index < -0.39 is 10.0 Å². The molecule has 1 atom stereocenters. The maximum atomic E-state index is 13.7. The fraction of sp³-hybridized carbons (Fsp3) is 0.393. The molecule has 9 heteroatoms. The molecule has 3 aromatic rings. The van der Waals surface area contributed by atoms with Crippen LogP contribution >= 0.6 is 11.3 Å². The van der Waals surface area contributed by atoms with Gasteiger partial charge in [-0.05, 0) is 60.5 Å². The minimum atomic E-state index is -3.83. The largest absolute Gasteiger partial charge is 0.497 e. The molecule has 0 unspecified atom stereocenters. The number of methoxy groups -OCH3 is 1. The van der Waals surface area contributed by atoms with Gasteiger partial charge in [-0.2, -0.15) is 4.31 Å². The third-order valence-electron chi connectivity index (χ3n) is 6.40. The Morgan fingerprint density at radius 2 is 1.86 bits per heavy atom. The number of sulfonamides is 1. The summed E-state index contributed by atoms with van der Waals surface area (Å²) in [6, 6.07) is 15.8. The number of carbonyl (C=O) groups is 1. The predicted molar refractivity (Wildman–Crippen MR) is 146 cm³/mol. The van der Waals surface area contributed by atoms with Gasteiger partial charge >= 0.3 is 0 Å². The maximum absolute atomic E-state index is 13.7. The van der Waals surface area contributed by atoms with Crippen molar-refractivity contribution in [2.45, 2.75) is 38.1 Å². The van der Waals surface area contributed by atoms with Crippen molar-refractivity contribution in [3.8, 4) is 11.5 Å². The molecule has 0 saturated carbocycles. The molecular formula is C28H34N2O5S2. The second kappa shape index (κ2) is 11.7. The second-order valence-corrected chi connectivity index (χ2v) is 12.6. The molecule has 0 fully saturated rings. The number of fused-ring (bicyclic) bond motifs is 1. The van der Waals surface area contributed by atoms with Crippen molar-refractivity contribution in [2.75, 3.05) is 33.4 Å². The zero-order valence-corrected chi connectivity index (χ0v) is 23.3. The van der Waals surface area contributed by atoms with Crippen molar-refractivity contribution < 1.29 is 22.7 Å². The molecule has 1 aromatic heterocycles. The van der Waals surface area contributed by atoms with E-state index >= 15 is 0 Å². The van der Waals surface area contributed by atoms with Gasteiger partial charge in [0.1, 0.15) is 18.1 Å². The standard InChI is InChI=1S/C28H34N2O5S2/c1-20(2)17-29(37(32,33)24-10-8-21(3)9-11-24)18-28(31)30-14-12-27-25(13-15-36-27)26(30)19-35-23-7-5-6-22(16-23)34-4/h5-11,13,15-16,20,26H,12,14,17-19H2,1-4H3/t26-/m1/s1. The van der Waals surface area contributed by atoms with E-state index in [0.717, 1.165) is 17.5 Å². The molecule has 0 spiro atoms. The van der Waals surface area contributed by atoms with Crippen LogP contribution in [-0.2, 0) is 21.2 Å². The van der Waals surface area contributed by atoms with Crippen LogP contribution in [0.5, 0.6) is 11.5 Å². The molecule has 198 valence electrons. The molecule has 7 nitrogen and oxygen atoms in total. The summed E-state index contributed by atoms with van der Waals surface area (Å²) >= 11 is 1.68. The van der Waals surface area contributed by atoms with Gasteiger partial charge in [0, 0.05) is 24.0 Å². The zero-order valence-electron chi connectivity index (χ0n) is 21.7. The lowest BCUT2D eigenvalue weighted by molar-refractivity contribution is -0.135. The lowest BCUT2D eigenvalue weighted by Crippen LogP contribution is -2.48. The molecule has 4 rings (SSSR count). The van der Waals surface area contributed by atoms with Crippen molar-refractivity contribution in [3.05, 3.63) is 76.0 Å². The van der Waals surface area contributed by atoms with Gasteiger partial charge in [0.05, 0.1) is 24.6 Å². The van der Waals surface area contributed by atoms with Crippen LogP contribution in [0.4, 0.5) is 0 Å². The van der Waals surface area contributed by atoms with E-state index in [1.165, 1.54) is 9.18 Å². The van der Waals surface area contributed by atoms with Crippen molar-refractivity contribution in [1.29, 1.82) is 0 Å². The summed E-state index contributed by atoms with van der Waals surface area (Å²) in [5, 5.41) is 2.03. The van der Waals surface area contributed by atoms with Crippen LogP contribution < -0.4 is 9.47 Å². The quantitative estimate of drug-likeness (QED) is 0.364. The number of carbonyl (C=O) groups excluding carboxylic acids is 1. The van der Waals surface area contributed by atoms with Crippen LogP contribution in [0.1, 0.15) is 35.9 Å². The number of benzene rings is 2. The Morgan fingerprint density at radius 1 is 1.14 bits per heavy atom. The molecular weight excluding hydrogens is 508 g/mol. The molecule has 1 aliphatic rings. The van der Waals surface area contributed by atoms with Gasteiger partial charge in [-0.3, -0.25) is 4.79 Å². The summed E-state index contributed by atoms with van der Waals surface area (Å²) in [4.78, 5) is 16.9. The van der Waals surface area contributed by atoms with Crippen molar-refractivity contribution in [3.63, 3.8) is 0 Å². The van der Waals surface area contributed by atoms with Gasteiger partial charge in [-0.1, -0.05) is 37.6 Å². The van der Waals surface area contributed by atoms with E-state index in [4.69, 9.17) is 9.47 Å². The fourth-order valence-electron chi connectivity index (χ4n) is 4.50. The Balaban J connectivity index is 1.57. The second-order valence-electron chi connectivity index (χ2n) is 9.65. The number of rotatable bonds is 10. The fourth-order valence-corrected chi connectivity index (χ4v) is 6.98. The summed E-state index contributed by atoms with van der Waals surface area (Å²) in [6.45, 7) is 6.62. The highest BCUT2D eigenvalue weighted by Gasteiger charge is 2.35. The normalized spacial score (nSPS) is 15.6. The Hall–Kier alpha value is -2.88. The Labute approximate surface area is 223 Å². The molecule has 0 radical (unpaired) electrons. The third-order valence-corrected chi connectivity index (χ3v) is 9.23. The van der Waals surface area contributed by atoms with Crippen LogP contribution in [0.2, 0.25) is 0 Å². The van der Waals surface area contributed by atoms with Gasteiger partial charge in [-0.25, -0.2) is 8.42 Å². The monoisotopic (exact) mass is 542 g/mol. The first kappa shape index (κ1) is 27.2. The predicted octanol–water partition coefficient (Wildman–Crippen LogP) is 4.92. The summed E-state index contributed by atoms with van der Waals surface area (Å²) in [6.07, 6.45) is 0.739. The number of amides is 1. The van der Waals surface area contributed by atoms with Gasteiger partial charge in [0.15, 0.2) is 0 Å². The summed E-state index contributed by atoms with van der Waals surface area (Å²) in [5.41, 5.74) is 2.04. The molecule has 0 bridgehead atoms. The van der Waals surface area contributed by atoms with Gasteiger partial charge in [0.2, 0.25) is 15.9 Å². The Morgan fingerprint density at radius 3 is 2.57 bits per heavy atom. The SMILES string of the molecule is COc1cccc(OC[C@@H]2c3ccsc3CCN2C(=O)CN(CC(C)C)S(=O)(=O)c2ccc(C)cc2)c1. The number of hydrogen-bond donors (Lipinski definition) is 0. The summed E-state index contributed by atoms with van der Waals surface area (Å²) in [7, 11) is -2.23. The number of nitrogens with zero attached hydrogens (tertiary/aromatic N) is 2. The molecule has 0 N–H and O–H groups in total. The van der Waals surface area contributed by atoms with Gasteiger partial charge < -0.3 is 14.4 Å². The highest BCUT2D eigenvalue weighted by molar-refractivity contribution is 7.89. The molecule has 2 aromatic carbocycles. The number of thiophene rings is 1. The molecule has 37 heavy (non-hydrogen) atoms. The van der Waals surface area contributed by atoms with Crippen molar-refractivity contribution in [2.24, 2.45) is 5.92 Å². The Kier molecular flexibility index (Phi) is 8.56. The van der Waals surface area contributed by atoms with E-state index in [1.807, 2.05) is 56.5 Å². The molecule has 2 heterocycles. The van der Waals surface area contributed by atoms with Crippen LogP contribution in [0.3, 0.4) is 0 Å². The van der Waals surface area contributed by atoms with E-state index in [1.54, 1.807) is 47.6 Å². The minimum Gasteiger partial charge on any atom is -0.497 e. The topological polar surface area (TPSA) is 76.2 Å². The van der Waals surface area contributed by atoms with Crippen LogP contribution in [0, 0.1) is 12.8 Å². The highest BCUT2D eigenvalue weighted by atomic mass is 32.2. The van der Waals surface area contributed by atoms with E-state index in [-0.39, 0.29) is 42.5 Å². The number of ether oxygens (including phenoxy) is 2. The summed E-state index contributed by atoms with van der Waals surface area (Å²) < 4.78 is 39.8. The average molecular weight is 543 g/mol. The average Bonchev–Trinajstić information content (AvgIpc) is 3.36. The number of hydrogen-bond acceptors (Lipinski definition) is 6. The lowest BCUT2D eigenvalue weighted by atomic mass is 10.0. The van der Waals surface area contributed by atoms with Crippen molar-refractivity contribution in [1.82, 2.24) is 9.21 Å². The molecule has 0 aliphatic carbocycles. The van der Waals surface area contributed by atoms with E-state index in [2.05, 4.69) is 0 Å². The molecule has 1 aliphatic heterocycles. The summed E-state index contributed by atoms with van der Waals surface area (Å²) in [5.74, 6) is 1.17. The van der Waals surface area contributed by atoms with Gasteiger partial charge in [0.25, 0.3) is 0 Å². The van der Waals surface area contributed by atoms with Crippen LogP contribution in [0.25, 0.3) is 0 Å². The van der Waals surface area contributed by atoms with Crippen molar-refractivity contribution >= 4 is 27.3 Å². The number of aryl methyl sites for hydroxylation is 1. The first-order chi connectivity index (χ1) is 17.7. The van der Waals surface area contributed by atoms with Gasteiger partial charge in [-0.15, -0.1) is 11.3 Å². The highest BCUT2D eigenvalue weighted by Crippen LogP contribution is 2.34. The Bertz CT molecular complexity index is 1320. The zero-order chi connectivity index (χ0) is 26.6. The van der Waals surface area contributed by atoms with E-state index in [0.29, 0.717) is 18.0 Å². The third kappa shape index (κ3) is 6.34. The smallest absolute Gasteiger partial charge is 0.243 e. The first-order valence-corrected chi connectivity index (χ1v) is 14.7. The molecule has 0 saturated heterocycles. The van der Waals surface area contributed by atoms with Crippen LogP contribution in [-0.4, -0.2) is 56.9 Å². The van der Waals surface area contributed by atoms with Crippen LogP contribution in [0.15, 0.2) is 64.9 Å². The maximum Gasteiger partial charge on any atom is 0.243 e. The molecule has 1 amide bonds. The van der Waals surface area contributed by atoms with E-state index in [9.17, 15) is 13.2 Å². The lowest BCUT2D eigenvalue weighted by Gasteiger charge is -2.37. The first-order valence-electron chi connectivity index (χ1n) is 12.4.